The predicted octanol–water partition coefficient (Wildman–Crippen LogP) is 6.08. The molecular formula is C28H23F4N4O2S2+. The number of aldehydes is 1. The Labute approximate surface area is 235 Å². The highest BCUT2D eigenvalue weighted by molar-refractivity contribution is 7.92. The summed E-state index contributed by atoms with van der Waals surface area (Å²) in [6.07, 6.45) is -4.34. The highest BCUT2D eigenvalue weighted by Crippen LogP contribution is 2.40. The molecule has 12 heteroatoms. The van der Waals surface area contributed by atoms with Crippen LogP contribution in [0.5, 0.6) is 0 Å². The first-order valence-corrected chi connectivity index (χ1v) is 13.6. The van der Waals surface area contributed by atoms with Crippen molar-refractivity contribution in [2.24, 2.45) is 0 Å². The molecule has 0 aliphatic carbocycles. The Kier molecular flexibility index (Phi) is 9.15. The number of quaternary nitrogens is 1. The number of carbonyl (C=O) groups is 1. The topological polar surface area (TPSA) is 95.7 Å². The van der Waals surface area contributed by atoms with Crippen LogP contribution in [0, 0.1) is 5.82 Å². The van der Waals surface area contributed by atoms with E-state index in [1.807, 2.05) is 0 Å². The van der Waals surface area contributed by atoms with Crippen molar-refractivity contribution >= 4 is 29.6 Å². The minimum absolute atomic E-state index is 0.0195. The smallest absolute Gasteiger partial charge is 0.400 e. The lowest BCUT2D eigenvalue weighted by molar-refractivity contribution is -0.143. The first kappa shape index (κ1) is 29.2. The number of aromatic nitrogens is 3. The molecule has 0 spiro atoms. The lowest BCUT2D eigenvalue weighted by Crippen LogP contribution is -2.35. The molecule has 0 radical (unpaired) electrons. The Hall–Kier alpha value is -3.84. The molecule has 6 nitrogen and oxygen atoms in total. The Morgan fingerprint density at radius 3 is 2.25 bits per heavy atom. The van der Waals surface area contributed by atoms with Gasteiger partial charge in [0.1, 0.15) is 23.5 Å². The van der Waals surface area contributed by atoms with Gasteiger partial charge in [-0.1, -0.05) is 42.5 Å². The van der Waals surface area contributed by atoms with E-state index in [0.29, 0.717) is 28.5 Å². The van der Waals surface area contributed by atoms with E-state index in [2.05, 4.69) is 15.2 Å². The molecular weight excluding hydrogens is 564 g/mol. The minimum Gasteiger partial charge on any atom is -0.400 e. The van der Waals surface area contributed by atoms with Crippen LogP contribution in [0.25, 0.3) is 27.5 Å². The molecule has 0 bridgehead atoms. The summed E-state index contributed by atoms with van der Waals surface area (Å²) in [6.45, 7) is 0. The van der Waals surface area contributed by atoms with Crippen LogP contribution in [0.3, 0.4) is 0 Å². The van der Waals surface area contributed by atoms with Crippen molar-refractivity contribution in [1.82, 2.24) is 14.8 Å². The molecule has 0 fully saturated rings. The molecule has 40 heavy (non-hydrogen) atoms. The Balaban J connectivity index is 0.00000181. The Morgan fingerprint density at radius 2 is 1.65 bits per heavy atom. The van der Waals surface area contributed by atoms with Gasteiger partial charge in [-0.2, -0.15) is 18.3 Å². The normalized spacial score (nSPS) is 11.2. The van der Waals surface area contributed by atoms with Gasteiger partial charge in [-0.05, 0) is 47.0 Å². The molecule has 2 aromatic heterocycles. The van der Waals surface area contributed by atoms with Gasteiger partial charge in [0, 0.05) is 30.0 Å². The van der Waals surface area contributed by atoms with Crippen LogP contribution in [-0.4, -0.2) is 33.3 Å². The van der Waals surface area contributed by atoms with Gasteiger partial charge >= 0.3 is 6.18 Å². The third-order valence-electron chi connectivity index (χ3n) is 5.83. The van der Waals surface area contributed by atoms with E-state index in [1.54, 1.807) is 60.7 Å². The highest BCUT2D eigenvalue weighted by atomic mass is 32.2. The summed E-state index contributed by atoms with van der Waals surface area (Å²) >= 11 is 2.18. The highest BCUT2D eigenvalue weighted by Gasteiger charge is 2.41. The molecule has 4 N–H and O–H groups in total. The molecule has 2 heterocycles. The third kappa shape index (κ3) is 6.31. The second-order valence-corrected chi connectivity index (χ2v) is 9.91. The van der Waals surface area contributed by atoms with Crippen molar-refractivity contribution in [2.45, 2.75) is 17.5 Å². The molecule has 0 aliphatic heterocycles. The lowest BCUT2D eigenvalue weighted by Gasteiger charge is -2.12. The number of aliphatic hydroxyl groups is 1. The van der Waals surface area contributed by atoms with Crippen LogP contribution in [0.2, 0.25) is 0 Å². The molecule has 206 valence electrons. The average molecular weight is 588 g/mol. The zero-order chi connectivity index (χ0) is 28.9. The predicted molar refractivity (Wildman–Crippen MR) is 147 cm³/mol. The van der Waals surface area contributed by atoms with Crippen molar-refractivity contribution in [3.05, 3.63) is 107 Å². The molecule has 5 rings (SSSR count). The fourth-order valence-corrected chi connectivity index (χ4v) is 5.18. The van der Waals surface area contributed by atoms with Gasteiger partial charge in [0.25, 0.3) is 0 Å². The number of hydrogen-bond donors (Lipinski definition) is 2. The van der Waals surface area contributed by atoms with Crippen molar-refractivity contribution in [3.63, 3.8) is 0 Å². The molecule has 0 aliphatic rings. The average Bonchev–Trinajstić information content (AvgIpc) is 3.60. The SMILES string of the molecule is CO.[NH3+]Sc1ccc(Cc2c(-c3cccc(-c4cccc(F)c4)c3)nn(-c3nc(C=O)cs3)c2C(F)(F)F)cc1. The van der Waals surface area contributed by atoms with Crippen molar-refractivity contribution in [2.75, 3.05) is 7.11 Å². The van der Waals surface area contributed by atoms with E-state index in [1.165, 1.54) is 29.5 Å². The van der Waals surface area contributed by atoms with Crippen LogP contribution in [-0.2, 0) is 12.6 Å². The van der Waals surface area contributed by atoms with E-state index in [4.69, 9.17) is 5.11 Å². The van der Waals surface area contributed by atoms with Gasteiger partial charge in [-0.3, -0.25) is 9.93 Å². The van der Waals surface area contributed by atoms with E-state index < -0.39 is 17.7 Å². The van der Waals surface area contributed by atoms with Gasteiger partial charge in [-0.25, -0.2) is 14.1 Å². The van der Waals surface area contributed by atoms with E-state index in [9.17, 15) is 22.4 Å². The fourth-order valence-electron chi connectivity index (χ4n) is 4.13. The summed E-state index contributed by atoms with van der Waals surface area (Å²) in [4.78, 5) is 16.1. The summed E-state index contributed by atoms with van der Waals surface area (Å²) < 4.78 is 58.5. The van der Waals surface area contributed by atoms with Gasteiger partial charge in [0.15, 0.2) is 12.0 Å². The third-order valence-corrected chi connectivity index (χ3v) is 7.27. The zero-order valence-electron chi connectivity index (χ0n) is 21.0. The molecule has 3 aromatic carbocycles. The number of rotatable bonds is 7. The maximum Gasteiger partial charge on any atom is 0.433 e. The van der Waals surface area contributed by atoms with Crippen molar-refractivity contribution < 1.29 is 32.6 Å². The van der Waals surface area contributed by atoms with Crippen LogP contribution in [0.4, 0.5) is 17.6 Å². The van der Waals surface area contributed by atoms with Crippen LogP contribution < -0.4 is 5.14 Å². The summed E-state index contributed by atoms with van der Waals surface area (Å²) in [7, 11) is 1.00. The standard InChI is InChI=1S/C27H18F4N4OS2.CH4O/c28-20-6-2-4-18(13-20)17-3-1-5-19(12-17)24-23(11-16-7-9-22(38-32)10-8-16)25(27(29,30)31)35(34-24)26-33-21(14-36)15-37-26;1-2/h1-10,12-15H,11,32H2;2H,1H3/p+1. The largest absolute Gasteiger partial charge is 0.433 e. The molecule has 0 amide bonds. The number of hydrogen-bond acceptors (Lipinski definition) is 6. The molecule has 0 saturated carbocycles. The Morgan fingerprint density at radius 1 is 1.00 bits per heavy atom. The van der Waals surface area contributed by atoms with E-state index in [-0.39, 0.29) is 28.5 Å². The fraction of sp³-hybridized carbons (Fsp3) is 0.107. The van der Waals surface area contributed by atoms with E-state index in [0.717, 1.165) is 28.0 Å². The van der Waals surface area contributed by atoms with Crippen LogP contribution in [0.1, 0.15) is 27.3 Å². The number of aliphatic hydroxyl groups excluding tert-OH is 1. The molecule has 0 unspecified atom stereocenters. The quantitative estimate of drug-likeness (QED) is 0.137. The lowest BCUT2D eigenvalue weighted by atomic mass is 9.96. The van der Waals surface area contributed by atoms with Gasteiger partial charge in [0.05, 0.1) is 10.6 Å². The number of halogens is 4. The molecule has 0 saturated heterocycles. The summed E-state index contributed by atoms with van der Waals surface area (Å²) in [5.41, 5.74) is 1.44. The summed E-state index contributed by atoms with van der Waals surface area (Å²) in [5.74, 6) is -0.420. The second kappa shape index (κ2) is 12.6. The maximum atomic E-state index is 14.6. The molecule has 5 aromatic rings. The Bertz CT molecular complexity index is 1620. The zero-order valence-corrected chi connectivity index (χ0v) is 22.7. The van der Waals surface area contributed by atoms with Crippen molar-refractivity contribution in [3.8, 4) is 27.5 Å². The van der Waals surface area contributed by atoms with Gasteiger partial charge in [-0.15, -0.1) is 11.3 Å². The van der Waals surface area contributed by atoms with Crippen LogP contribution >= 0.6 is 23.3 Å². The summed E-state index contributed by atoms with van der Waals surface area (Å²) in [6, 6.07) is 19.9. The second-order valence-electron chi connectivity index (χ2n) is 8.31. The first-order chi connectivity index (χ1) is 19.3. The monoisotopic (exact) mass is 587 g/mol. The number of benzene rings is 3. The van der Waals surface area contributed by atoms with E-state index >= 15 is 0 Å². The molecule has 0 atom stereocenters. The van der Waals surface area contributed by atoms with Crippen molar-refractivity contribution in [1.29, 1.82) is 0 Å². The minimum atomic E-state index is -4.77. The van der Waals surface area contributed by atoms with Gasteiger partial charge in [0.2, 0.25) is 5.13 Å². The summed E-state index contributed by atoms with van der Waals surface area (Å²) in [5, 5.41) is 16.4. The maximum absolute atomic E-state index is 14.6. The van der Waals surface area contributed by atoms with Crippen LogP contribution in [0.15, 0.2) is 83.1 Å². The number of carbonyl (C=O) groups excluding carboxylic acids is 1. The number of nitrogens with zero attached hydrogens (tertiary/aromatic N) is 3. The number of thiazole rings is 1. The number of alkyl halides is 3. The first-order valence-electron chi connectivity index (χ1n) is 11.7. The van der Waals surface area contributed by atoms with Gasteiger partial charge < -0.3 is 5.11 Å².